The fourth-order valence-electron chi connectivity index (χ4n) is 4.29. The standard InChI is InChI=1S/C21H21ClN4O3/c1-12(27)24-19-7-14-15(10-26(2)18(14)9-23-19)17-8-16(22)13-3-5-29-21(20(13)25-17)4-6-28-11-21/h7-10H,3-6,11H2,1-2H3,(H,23,24,27). The van der Waals surface area contributed by atoms with Gasteiger partial charge in [0.15, 0.2) is 0 Å². The number of pyridine rings is 2. The highest BCUT2D eigenvalue weighted by atomic mass is 35.5. The first-order valence-corrected chi connectivity index (χ1v) is 9.99. The first-order valence-electron chi connectivity index (χ1n) is 9.61. The van der Waals surface area contributed by atoms with Gasteiger partial charge in [-0.2, -0.15) is 0 Å². The maximum atomic E-state index is 11.4. The Labute approximate surface area is 173 Å². The number of carbonyl (C=O) groups is 1. The van der Waals surface area contributed by atoms with Gasteiger partial charge in [0.25, 0.3) is 0 Å². The van der Waals surface area contributed by atoms with Crippen molar-refractivity contribution in [2.45, 2.75) is 25.4 Å². The Balaban J connectivity index is 1.69. The molecule has 1 unspecified atom stereocenters. The fourth-order valence-corrected chi connectivity index (χ4v) is 4.57. The smallest absolute Gasteiger partial charge is 0.222 e. The fraction of sp³-hybridized carbons (Fsp3) is 0.381. The number of anilines is 1. The van der Waals surface area contributed by atoms with Crippen LogP contribution >= 0.6 is 11.6 Å². The largest absolute Gasteiger partial charge is 0.378 e. The first-order chi connectivity index (χ1) is 14.0. The number of fused-ring (bicyclic) bond motifs is 3. The summed E-state index contributed by atoms with van der Waals surface area (Å²) in [6.07, 6.45) is 5.28. The molecule has 3 aromatic rings. The predicted molar refractivity (Wildman–Crippen MR) is 110 cm³/mol. The number of nitrogens with zero attached hydrogens (tertiary/aromatic N) is 3. The second kappa shape index (κ2) is 6.79. The van der Waals surface area contributed by atoms with Crippen LogP contribution in [0.3, 0.4) is 0 Å². The van der Waals surface area contributed by atoms with Crippen molar-refractivity contribution in [1.82, 2.24) is 14.5 Å². The molecule has 0 saturated carbocycles. The van der Waals surface area contributed by atoms with E-state index in [1.165, 1.54) is 6.92 Å². The van der Waals surface area contributed by atoms with Crippen LogP contribution in [0.15, 0.2) is 24.5 Å². The number of aromatic nitrogens is 3. The summed E-state index contributed by atoms with van der Waals surface area (Å²) in [5.74, 6) is 0.343. The van der Waals surface area contributed by atoms with Crippen LogP contribution in [-0.2, 0) is 33.3 Å². The zero-order valence-corrected chi connectivity index (χ0v) is 17.0. The summed E-state index contributed by atoms with van der Waals surface area (Å²) in [6.45, 7) is 3.24. The molecule has 7 nitrogen and oxygen atoms in total. The second-order valence-electron chi connectivity index (χ2n) is 7.63. The number of aryl methyl sites for hydroxylation is 1. The predicted octanol–water partition coefficient (Wildman–Crippen LogP) is 3.44. The van der Waals surface area contributed by atoms with Crippen LogP contribution in [0, 0.1) is 0 Å². The van der Waals surface area contributed by atoms with Crippen molar-refractivity contribution < 1.29 is 14.3 Å². The molecule has 0 aliphatic carbocycles. The molecule has 3 aromatic heterocycles. The topological polar surface area (TPSA) is 78.3 Å². The summed E-state index contributed by atoms with van der Waals surface area (Å²) in [6, 6.07) is 3.79. The minimum absolute atomic E-state index is 0.162. The van der Waals surface area contributed by atoms with Crippen molar-refractivity contribution in [3.05, 3.63) is 40.8 Å². The van der Waals surface area contributed by atoms with E-state index >= 15 is 0 Å². The van der Waals surface area contributed by atoms with Gasteiger partial charge < -0.3 is 19.4 Å². The highest BCUT2D eigenvalue weighted by Crippen LogP contribution is 2.43. The molecular formula is C21H21ClN4O3. The Bertz CT molecular complexity index is 1130. The third-order valence-electron chi connectivity index (χ3n) is 5.67. The van der Waals surface area contributed by atoms with E-state index in [1.807, 2.05) is 29.9 Å². The average Bonchev–Trinajstić information content (AvgIpc) is 3.27. The summed E-state index contributed by atoms with van der Waals surface area (Å²) >= 11 is 6.70. The van der Waals surface area contributed by atoms with E-state index < -0.39 is 5.60 Å². The SMILES string of the molecule is CC(=O)Nc1cc2c(-c3cc(Cl)c4c(n3)C3(CCOC3)OCC4)cn(C)c2cn1. The van der Waals surface area contributed by atoms with E-state index in [0.717, 1.165) is 46.3 Å². The Hall–Kier alpha value is -2.48. The molecule has 1 spiro atoms. The van der Waals surface area contributed by atoms with E-state index in [0.29, 0.717) is 30.7 Å². The van der Waals surface area contributed by atoms with Gasteiger partial charge >= 0.3 is 0 Å². The van der Waals surface area contributed by atoms with Gasteiger partial charge in [0.2, 0.25) is 5.91 Å². The molecule has 0 radical (unpaired) electrons. The number of carbonyl (C=O) groups excluding carboxylic acids is 1. The lowest BCUT2D eigenvalue weighted by Gasteiger charge is -2.34. The van der Waals surface area contributed by atoms with Gasteiger partial charge in [-0.3, -0.25) is 4.79 Å². The molecule has 1 N–H and O–H groups in total. The van der Waals surface area contributed by atoms with Gasteiger partial charge in [0.05, 0.1) is 36.3 Å². The monoisotopic (exact) mass is 412 g/mol. The van der Waals surface area contributed by atoms with E-state index in [1.54, 1.807) is 6.20 Å². The summed E-state index contributed by atoms with van der Waals surface area (Å²) in [4.78, 5) is 20.8. The lowest BCUT2D eigenvalue weighted by Crippen LogP contribution is -2.37. The minimum atomic E-state index is -0.513. The van der Waals surface area contributed by atoms with Crippen LogP contribution in [-0.4, -0.2) is 40.3 Å². The Morgan fingerprint density at radius 2 is 2.21 bits per heavy atom. The lowest BCUT2D eigenvalue weighted by molar-refractivity contribution is -0.114. The molecule has 0 bridgehead atoms. The molecule has 150 valence electrons. The molecule has 1 atom stereocenters. The first kappa shape index (κ1) is 18.5. The number of hydrogen-bond acceptors (Lipinski definition) is 5. The van der Waals surface area contributed by atoms with Gasteiger partial charge in [-0.15, -0.1) is 0 Å². The summed E-state index contributed by atoms with van der Waals surface area (Å²) < 4.78 is 13.8. The van der Waals surface area contributed by atoms with Crippen LogP contribution < -0.4 is 5.32 Å². The molecule has 2 aliphatic heterocycles. The van der Waals surface area contributed by atoms with Crippen molar-refractivity contribution in [3.63, 3.8) is 0 Å². The van der Waals surface area contributed by atoms with Crippen molar-refractivity contribution in [3.8, 4) is 11.3 Å². The number of rotatable bonds is 2. The van der Waals surface area contributed by atoms with Crippen molar-refractivity contribution >= 4 is 34.2 Å². The van der Waals surface area contributed by atoms with Gasteiger partial charge in [0, 0.05) is 49.2 Å². The zero-order valence-electron chi connectivity index (χ0n) is 16.3. The van der Waals surface area contributed by atoms with Crippen LogP contribution in [0.5, 0.6) is 0 Å². The molecule has 2 aliphatic rings. The van der Waals surface area contributed by atoms with Gasteiger partial charge in [-0.05, 0) is 24.1 Å². The van der Waals surface area contributed by atoms with Crippen LogP contribution in [0.25, 0.3) is 22.2 Å². The van der Waals surface area contributed by atoms with Crippen molar-refractivity contribution in [2.75, 3.05) is 25.1 Å². The molecule has 5 rings (SSSR count). The average molecular weight is 413 g/mol. The summed E-state index contributed by atoms with van der Waals surface area (Å²) in [5.41, 5.74) is 4.07. The molecular weight excluding hydrogens is 392 g/mol. The zero-order chi connectivity index (χ0) is 20.2. The molecule has 1 amide bonds. The van der Waals surface area contributed by atoms with Gasteiger partial charge in [0.1, 0.15) is 11.4 Å². The number of amides is 1. The Morgan fingerprint density at radius 1 is 1.34 bits per heavy atom. The minimum Gasteiger partial charge on any atom is -0.378 e. The second-order valence-corrected chi connectivity index (χ2v) is 8.04. The molecule has 1 fully saturated rings. The van der Waals surface area contributed by atoms with E-state index in [2.05, 4.69) is 10.3 Å². The Morgan fingerprint density at radius 3 is 2.97 bits per heavy atom. The van der Waals surface area contributed by atoms with Crippen molar-refractivity contribution in [1.29, 1.82) is 0 Å². The van der Waals surface area contributed by atoms with E-state index in [-0.39, 0.29) is 5.91 Å². The summed E-state index contributed by atoms with van der Waals surface area (Å²) in [7, 11) is 1.96. The van der Waals surface area contributed by atoms with Crippen molar-refractivity contribution in [2.24, 2.45) is 7.05 Å². The Kier molecular flexibility index (Phi) is 4.34. The number of nitrogens with one attached hydrogen (secondary N) is 1. The maximum absolute atomic E-state index is 11.4. The number of ether oxygens (including phenoxy) is 2. The molecule has 1 saturated heterocycles. The maximum Gasteiger partial charge on any atom is 0.222 e. The van der Waals surface area contributed by atoms with Crippen LogP contribution in [0.2, 0.25) is 5.02 Å². The lowest BCUT2D eigenvalue weighted by atomic mass is 9.89. The molecule has 29 heavy (non-hydrogen) atoms. The summed E-state index contributed by atoms with van der Waals surface area (Å²) in [5, 5.41) is 4.39. The molecule has 8 heteroatoms. The van der Waals surface area contributed by atoms with Gasteiger partial charge in [-0.1, -0.05) is 11.6 Å². The van der Waals surface area contributed by atoms with E-state index in [9.17, 15) is 4.79 Å². The van der Waals surface area contributed by atoms with Gasteiger partial charge in [-0.25, -0.2) is 9.97 Å². The third kappa shape index (κ3) is 3.01. The van der Waals surface area contributed by atoms with E-state index in [4.69, 9.17) is 26.1 Å². The highest BCUT2D eigenvalue weighted by molar-refractivity contribution is 6.31. The molecule has 0 aromatic carbocycles. The normalized spacial score (nSPS) is 20.9. The quantitative estimate of drug-likeness (QED) is 0.697. The number of halogens is 1. The van der Waals surface area contributed by atoms with Crippen LogP contribution in [0.4, 0.5) is 5.82 Å². The third-order valence-corrected chi connectivity index (χ3v) is 6.01. The molecule has 5 heterocycles. The highest BCUT2D eigenvalue weighted by Gasteiger charge is 2.44. The van der Waals surface area contributed by atoms with Crippen LogP contribution in [0.1, 0.15) is 24.6 Å². The number of hydrogen-bond donors (Lipinski definition) is 1.